The molecule has 0 bridgehead atoms. The predicted octanol–water partition coefficient (Wildman–Crippen LogP) is 3.64. The molecule has 2 aromatic heterocycles. The van der Waals surface area contributed by atoms with E-state index in [4.69, 9.17) is 5.10 Å². The number of amides is 2. The molecule has 29 heavy (non-hydrogen) atoms. The van der Waals surface area contributed by atoms with E-state index in [1.165, 1.54) is 6.08 Å². The normalized spacial score (nSPS) is 12.1. The lowest BCUT2D eigenvalue weighted by molar-refractivity contribution is -0.126. The minimum absolute atomic E-state index is 0.190. The van der Waals surface area contributed by atoms with Crippen molar-refractivity contribution in [2.45, 2.75) is 26.3 Å². The van der Waals surface area contributed by atoms with Gasteiger partial charge in [0.05, 0.1) is 10.6 Å². The van der Waals surface area contributed by atoms with Crippen LogP contribution in [0.3, 0.4) is 0 Å². The summed E-state index contributed by atoms with van der Waals surface area (Å²) in [6.07, 6.45) is 5.91. The van der Waals surface area contributed by atoms with Crippen LogP contribution in [0.2, 0.25) is 0 Å². The number of benzene rings is 1. The van der Waals surface area contributed by atoms with Crippen LogP contribution in [0.25, 0.3) is 22.3 Å². The maximum absolute atomic E-state index is 12.3. The van der Waals surface area contributed by atoms with Gasteiger partial charge in [-0.25, -0.2) is 4.68 Å². The van der Waals surface area contributed by atoms with Crippen LogP contribution in [0.5, 0.6) is 0 Å². The van der Waals surface area contributed by atoms with Gasteiger partial charge in [0, 0.05) is 24.4 Å². The maximum atomic E-state index is 12.3. The third-order valence-corrected chi connectivity index (χ3v) is 5.11. The topological polar surface area (TPSA) is 76.0 Å². The summed E-state index contributed by atoms with van der Waals surface area (Å²) in [5.74, 6) is -0.515. The van der Waals surface area contributed by atoms with Gasteiger partial charge < -0.3 is 10.6 Å². The molecule has 6 nitrogen and oxygen atoms in total. The van der Waals surface area contributed by atoms with E-state index in [9.17, 15) is 9.59 Å². The lowest BCUT2D eigenvalue weighted by Gasteiger charge is -2.12. The Morgan fingerprint density at radius 2 is 2.00 bits per heavy atom. The molecule has 0 aliphatic heterocycles. The molecule has 3 rings (SSSR count). The minimum Gasteiger partial charge on any atom is -0.354 e. The first kappa shape index (κ1) is 20.5. The van der Waals surface area contributed by atoms with Crippen molar-refractivity contribution in [1.29, 1.82) is 0 Å². The molecular weight excluding hydrogens is 384 g/mol. The van der Waals surface area contributed by atoms with Crippen molar-refractivity contribution in [3.8, 4) is 16.3 Å². The lowest BCUT2D eigenvalue weighted by atomic mass is 10.2. The van der Waals surface area contributed by atoms with Gasteiger partial charge in [-0.3, -0.25) is 9.59 Å². The molecule has 3 aromatic rings. The van der Waals surface area contributed by atoms with Gasteiger partial charge >= 0.3 is 0 Å². The molecule has 1 unspecified atom stereocenters. The molecular formula is C22H24N4O2S. The van der Waals surface area contributed by atoms with Gasteiger partial charge in [-0.1, -0.05) is 31.2 Å². The molecule has 0 fully saturated rings. The molecule has 0 aliphatic rings. The Bertz CT molecular complexity index is 978. The van der Waals surface area contributed by atoms with Crippen molar-refractivity contribution in [3.63, 3.8) is 0 Å². The van der Waals surface area contributed by atoms with E-state index < -0.39 is 6.04 Å². The monoisotopic (exact) mass is 408 g/mol. The van der Waals surface area contributed by atoms with E-state index in [-0.39, 0.29) is 11.8 Å². The Labute approximate surface area is 174 Å². The number of hydrogen-bond acceptors (Lipinski definition) is 4. The highest BCUT2D eigenvalue weighted by Gasteiger charge is 2.14. The standard InChI is InChI=1S/C22H24N4O2S/c1-3-13-23-22(28)16(2)24-20(27)12-11-17-15-26(18-8-5-4-6-9-18)25-21(17)19-10-7-14-29-19/h4-12,14-16H,3,13H2,1-2H3,(H,23,28)(H,24,27)/b12-11+. The maximum Gasteiger partial charge on any atom is 0.244 e. The number of carbonyl (C=O) groups excluding carboxylic acids is 2. The van der Waals surface area contributed by atoms with E-state index in [1.807, 2.05) is 61.0 Å². The largest absolute Gasteiger partial charge is 0.354 e. The molecule has 0 saturated heterocycles. The third-order valence-electron chi connectivity index (χ3n) is 4.23. The second-order valence-corrected chi connectivity index (χ2v) is 7.49. The predicted molar refractivity (Wildman–Crippen MR) is 117 cm³/mol. The summed E-state index contributed by atoms with van der Waals surface area (Å²) in [5, 5.41) is 12.2. The molecule has 2 heterocycles. The van der Waals surface area contributed by atoms with Gasteiger partial charge in [-0.15, -0.1) is 11.3 Å². The van der Waals surface area contributed by atoms with Crippen LogP contribution in [-0.2, 0) is 9.59 Å². The fourth-order valence-electron chi connectivity index (χ4n) is 2.72. The summed E-state index contributed by atoms with van der Waals surface area (Å²) in [5.41, 5.74) is 2.58. The molecule has 7 heteroatoms. The second kappa shape index (κ2) is 9.84. The van der Waals surface area contributed by atoms with E-state index in [0.29, 0.717) is 6.54 Å². The van der Waals surface area contributed by atoms with Crippen molar-refractivity contribution in [3.05, 3.63) is 65.7 Å². The first-order chi connectivity index (χ1) is 14.1. The summed E-state index contributed by atoms with van der Waals surface area (Å²) in [7, 11) is 0. The fraction of sp³-hybridized carbons (Fsp3) is 0.227. The van der Waals surface area contributed by atoms with Gasteiger partial charge in [0.2, 0.25) is 11.8 Å². The average molecular weight is 409 g/mol. The first-order valence-corrected chi connectivity index (χ1v) is 10.4. The van der Waals surface area contributed by atoms with Gasteiger partial charge in [-0.2, -0.15) is 5.10 Å². The van der Waals surface area contributed by atoms with Crippen LogP contribution in [0.15, 0.2) is 60.1 Å². The zero-order valence-electron chi connectivity index (χ0n) is 16.5. The number of nitrogens with one attached hydrogen (secondary N) is 2. The minimum atomic E-state index is -0.595. The summed E-state index contributed by atoms with van der Waals surface area (Å²) in [6.45, 7) is 4.24. The summed E-state index contributed by atoms with van der Waals surface area (Å²) < 4.78 is 1.80. The number of para-hydroxylation sites is 1. The zero-order chi connectivity index (χ0) is 20.6. The molecule has 150 valence electrons. The van der Waals surface area contributed by atoms with Crippen LogP contribution in [0.1, 0.15) is 25.8 Å². The average Bonchev–Trinajstić information content (AvgIpc) is 3.40. The first-order valence-electron chi connectivity index (χ1n) is 9.53. The molecule has 2 amide bonds. The summed E-state index contributed by atoms with van der Waals surface area (Å²) in [6, 6.07) is 13.2. The number of hydrogen-bond donors (Lipinski definition) is 2. The number of carbonyl (C=O) groups is 2. The molecule has 0 aliphatic carbocycles. The fourth-order valence-corrected chi connectivity index (χ4v) is 3.45. The number of rotatable bonds is 8. The smallest absolute Gasteiger partial charge is 0.244 e. The summed E-state index contributed by atoms with van der Waals surface area (Å²) >= 11 is 1.59. The van der Waals surface area contributed by atoms with Crippen LogP contribution in [0, 0.1) is 0 Å². The highest BCUT2D eigenvalue weighted by atomic mass is 32.1. The van der Waals surface area contributed by atoms with E-state index in [2.05, 4.69) is 10.6 Å². The van der Waals surface area contributed by atoms with E-state index in [1.54, 1.807) is 29.0 Å². The van der Waals surface area contributed by atoms with Gasteiger partial charge in [0.1, 0.15) is 11.7 Å². The van der Waals surface area contributed by atoms with Crippen molar-refractivity contribution in [1.82, 2.24) is 20.4 Å². The Kier molecular flexibility index (Phi) is 6.97. The quantitative estimate of drug-likeness (QED) is 0.559. The van der Waals surface area contributed by atoms with Crippen LogP contribution < -0.4 is 10.6 Å². The van der Waals surface area contributed by atoms with Crippen LogP contribution >= 0.6 is 11.3 Å². The third kappa shape index (κ3) is 5.42. The molecule has 1 atom stereocenters. The molecule has 0 spiro atoms. The van der Waals surface area contributed by atoms with Crippen molar-refractivity contribution in [2.24, 2.45) is 0 Å². The Hall–Kier alpha value is -3.19. The number of aromatic nitrogens is 2. The van der Waals surface area contributed by atoms with E-state index in [0.717, 1.165) is 28.2 Å². The summed E-state index contributed by atoms with van der Waals surface area (Å²) in [4.78, 5) is 25.2. The van der Waals surface area contributed by atoms with Crippen molar-refractivity contribution < 1.29 is 9.59 Å². The Morgan fingerprint density at radius 3 is 2.69 bits per heavy atom. The highest BCUT2D eigenvalue weighted by molar-refractivity contribution is 7.13. The van der Waals surface area contributed by atoms with Crippen molar-refractivity contribution >= 4 is 29.2 Å². The van der Waals surface area contributed by atoms with Gasteiger partial charge in [0.25, 0.3) is 0 Å². The molecule has 0 radical (unpaired) electrons. The van der Waals surface area contributed by atoms with Crippen LogP contribution in [-0.4, -0.2) is 34.2 Å². The van der Waals surface area contributed by atoms with Gasteiger partial charge in [0.15, 0.2) is 0 Å². The Morgan fingerprint density at radius 1 is 1.21 bits per heavy atom. The van der Waals surface area contributed by atoms with E-state index >= 15 is 0 Å². The second-order valence-electron chi connectivity index (χ2n) is 6.55. The zero-order valence-corrected chi connectivity index (χ0v) is 17.3. The lowest BCUT2D eigenvalue weighted by Crippen LogP contribution is -2.44. The molecule has 2 N–H and O–H groups in total. The van der Waals surface area contributed by atoms with Crippen molar-refractivity contribution in [2.75, 3.05) is 6.54 Å². The number of thiophene rings is 1. The Balaban J connectivity index is 1.78. The van der Waals surface area contributed by atoms with Crippen LogP contribution in [0.4, 0.5) is 0 Å². The SMILES string of the molecule is CCCNC(=O)C(C)NC(=O)/C=C/c1cn(-c2ccccc2)nc1-c1cccs1. The van der Waals surface area contributed by atoms with Gasteiger partial charge in [-0.05, 0) is 43.0 Å². The molecule has 0 saturated carbocycles. The number of nitrogens with zero attached hydrogens (tertiary/aromatic N) is 2. The highest BCUT2D eigenvalue weighted by Crippen LogP contribution is 2.28. The molecule has 1 aromatic carbocycles.